The first kappa shape index (κ1) is 10.3. The third-order valence-electron chi connectivity index (χ3n) is 3.91. The normalized spacial score (nSPS) is 45.5. The van der Waals surface area contributed by atoms with Gasteiger partial charge in [0.25, 0.3) is 0 Å². The minimum absolute atomic E-state index is 0. The van der Waals surface area contributed by atoms with Gasteiger partial charge >= 0.3 is 0 Å². The molecule has 11 heavy (non-hydrogen) atoms. The molecular weight excluding hydrogens is 160 g/mol. The van der Waals surface area contributed by atoms with Gasteiger partial charge in [-0.2, -0.15) is 0 Å². The van der Waals surface area contributed by atoms with Gasteiger partial charge in [-0.05, 0) is 36.0 Å². The average molecular weight is 178 g/mol. The molecule has 1 heteroatoms. The van der Waals surface area contributed by atoms with Crippen molar-refractivity contribution in [2.24, 2.45) is 23.2 Å². The summed E-state index contributed by atoms with van der Waals surface area (Å²) in [5.74, 6) is 3.21. The third kappa shape index (κ3) is 1.64. The fourth-order valence-electron chi connectivity index (χ4n) is 2.91. The van der Waals surface area contributed by atoms with Crippen molar-refractivity contribution >= 4 is 0 Å². The summed E-state index contributed by atoms with van der Waals surface area (Å²) in [6.07, 6.45) is 4.51. The number of rotatable bonds is 0. The topological polar surface area (TPSA) is 0 Å². The van der Waals surface area contributed by atoms with E-state index in [-0.39, 0.29) is 37.7 Å². The van der Waals surface area contributed by atoms with Crippen LogP contribution in [0.3, 0.4) is 0 Å². The van der Waals surface area contributed by atoms with Gasteiger partial charge in [0.15, 0.2) is 0 Å². The molecule has 0 aliphatic heterocycles. The monoisotopic (exact) mass is 178 g/mol. The van der Waals surface area contributed by atoms with Gasteiger partial charge in [-0.15, -0.1) is 0 Å². The maximum atomic E-state index is 2.44. The van der Waals surface area contributed by atoms with Crippen molar-refractivity contribution < 1.29 is 37.7 Å². The molecule has 2 fully saturated rings. The Labute approximate surface area is 100 Å². The van der Waals surface area contributed by atoms with Gasteiger partial charge in [0, 0.05) is 37.7 Å². The first-order valence-electron chi connectivity index (χ1n) is 4.62. The molecule has 2 aliphatic rings. The van der Waals surface area contributed by atoms with Gasteiger partial charge < -0.3 is 0 Å². The fourth-order valence-corrected chi connectivity index (χ4v) is 2.91. The quantitative estimate of drug-likeness (QED) is 0.534. The predicted molar refractivity (Wildman–Crippen MR) is 43.8 cm³/mol. The Bertz CT molecular complexity index is 151. The molecule has 3 unspecified atom stereocenters. The van der Waals surface area contributed by atoms with Gasteiger partial charge in [-0.1, -0.05) is 27.2 Å². The summed E-state index contributed by atoms with van der Waals surface area (Å²) in [6.45, 7) is 7.30. The van der Waals surface area contributed by atoms with Crippen LogP contribution in [0.25, 0.3) is 0 Å². The number of hydrogen-bond acceptors (Lipinski definition) is 0. The molecule has 0 radical (unpaired) electrons. The Kier molecular flexibility index (Phi) is 3.00. The zero-order valence-electron chi connectivity index (χ0n) is 7.71. The minimum atomic E-state index is 0. The number of fused-ring (bicyclic) bond motifs is 1. The molecule has 0 bridgehead atoms. The summed E-state index contributed by atoms with van der Waals surface area (Å²) >= 11 is 0. The van der Waals surface area contributed by atoms with Crippen molar-refractivity contribution in [1.29, 1.82) is 0 Å². The van der Waals surface area contributed by atoms with Crippen molar-refractivity contribution in [3.05, 3.63) is 0 Å². The molecule has 2 rings (SSSR count). The zero-order chi connectivity index (χ0) is 7.35. The molecule has 0 aromatic carbocycles. The molecule has 2 saturated carbocycles. The van der Waals surface area contributed by atoms with Gasteiger partial charge in [0.1, 0.15) is 0 Å². The summed E-state index contributed by atoms with van der Waals surface area (Å²) in [4.78, 5) is 0. The van der Waals surface area contributed by atoms with Crippen molar-refractivity contribution in [1.82, 2.24) is 0 Å². The van der Waals surface area contributed by atoms with E-state index >= 15 is 0 Å². The molecule has 3 atom stereocenters. The van der Waals surface area contributed by atoms with Gasteiger partial charge in [-0.25, -0.2) is 0 Å². The number of hydrogen-bond donors (Lipinski definition) is 0. The van der Waals surface area contributed by atoms with Crippen LogP contribution in [0.1, 0.15) is 40.0 Å². The van der Waals surface area contributed by atoms with Gasteiger partial charge in [-0.3, -0.25) is 0 Å². The first-order chi connectivity index (χ1) is 4.62. The summed E-state index contributed by atoms with van der Waals surface area (Å²) in [7, 11) is 0. The molecule has 0 N–H and O–H groups in total. The second-order valence-electron chi connectivity index (χ2n) is 4.95. The zero-order valence-corrected chi connectivity index (χ0v) is 8.41. The Morgan fingerprint density at radius 1 is 1.09 bits per heavy atom. The van der Waals surface area contributed by atoms with E-state index in [1.165, 1.54) is 19.3 Å². The van der Waals surface area contributed by atoms with Crippen LogP contribution in [0.4, 0.5) is 0 Å². The van der Waals surface area contributed by atoms with E-state index in [4.69, 9.17) is 0 Å². The Morgan fingerprint density at radius 3 is 2.18 bits per heavy atom. The van der Waals surface area contributed by atoms with Crippen LogP contribution in [0.15, 0.2) is 0 Å². The molecule has 0 amide bonds. The maximum absolute atomic E-state index is 2.44. The van der Waals surface area contributed by atoms with E-state index < -0.39 is 0 Å². The van der Waals surface area contributed by atoms with Crippen LogP contribution in [-0.2, 0) is 0 Å². The summed E-state index contributed by atoms with van der Waals surface area (Å²) in [6, 6.07) is 0. The SMILES string of the molecule is CC1CCC2C(C1)C2(C)C.[Ar]. The Balaban J connectivity index is 0.000000605. The van der Waals surface area contributed by atoms with Crippen molar-refractivity contribution in [3.63, 3.8) is 0 Å². The average Bonchev–Trinajstić information content (AvgIpc) is 2.36. The minimum Gasteiger partial charge on any atom is -0.0625 e. The Morgan fingerprint density at radius 2 is 1.73 bits per heavy atom. The van der Waals surface area contributed by atoms with Crippen LogP contribution in [0.2, 0.25) is 0 Å². The van der Waals surface area contributed by atoms with Gasteiger partial charge in [0.2, 0.25) is 0 Å². The van der Waals surface area contributed by atoms with E-state index in [1.54, 1.807) is 0 Å². The van der Waals surface area contributed by atoms with Crippen LogP contribution in [0, 0.1) is 60.9 Å². The van der Waals surface area contributed by atoms with E-state index in [0.29, 0.717) is 0 Å². The van der Waals surface area contributed by atoms with E-state index in [1.807, 2.05) is 0 Å². The Hall–Kier alpha value is 1.26. The van der Waals surface area contributed by atoms with Crippen molar-refractivity contribution in [3.8, 4) is 0 Å². The predicted octanol–water partition coefficient (Wildman–Crippen LogP) is 3.08. The molecule has 0 aromatic heterocycles. The largest absolute Gasteiger partial charge is 0.0625 e. The summed E-state index contributed by atoms with van der Waals surface area (Å²) in [5.41, 5.74) is 0.727. The van der Waals surface area contributed by atoms with Crippen LogP contribution >= 0.6 is 0 Å². The van der Waals surface area contributed by atoms with E-state index in [9.17, 15) is 0 Å². The molecule has 0 saturated heterocycles. The van der Waals surface area contributed by atoms with Crippen molar-refractivity contribution in [2.45, 2.75) is 40.0 Å². The smallest absolute Gasteiger partial charge is 0 e. The molecule has 0 spiro atoms. The molecule has 0 heterocycles. The standard InChI is InChI=1S/C10H18.Ar/c1-7-4-5-8-9(6-7)10(8,2)3;/h7-9H,4-6H2,1-3H3;. The summed E-state index contributed by atoms with van der Waals surface area (Å²) in [5, 5.41) is 0. The van der Waals surface area contributed by atoms with Crippen LogP contribution < -0.4 is 0 Å². The summed E-state index contributed by atoms with van der Waals surface area (Å²) < 4.78 is 0. The van der Waals surface area contributed by atoms with Gasteiger partial charge in [0.05, 0.1) is 0 Å². The van der Waals surface area contributed by atoms with E-state index in [0.717, 1.165) is 23.2 Å². The molecule has 0 nitrogen and oxygen atoms in total. The molecule has 66 valence electrons. The van der Waals surface area contributed by atoms with Crippen molar-refractivity contribution in [2.75, 3.05) is 0 Å². The fraction of sp³-hybridized carbons (Fsp3) is 1.00. The molecule has 0 aromatic rings. The molecular formula is C10H18Ar. The third-order valence-corrected chi connectivity index (χ3v) is 3.91. The first-order valence-corrected chi connectivity index (χ1v) is 4.62. The van der Waals surface area contributed by atoms with E-state index in [2.05, 4.69) is 20.8 Å². The van der Waals surface area contributed by atoms with Crippen LogP contribution in [-0.4, -0.2) is 0 Å². The maximum Gasteiger partial charge on any atom is 0 e. The molecule has 2 aliphatic carbocycles. The second kappa shape index (κ2) is 3.20. The second-order valence-corrected chi connectivity index (χ2v) is 4.95. The van der Waals surface area contributed by atoms with Crippen LogP contribution in [0.5, 0.6) is 0 Å².